The van der Waals surface area contributed by atoms with Crippen LogP contribution in [0.4, 0.5) is 18.9 Å². The van der Waals surface area contributed by atoms with Gasteiger partial charge in [-0.3, -0.25) is 4.79 Å². The predicted octanol–water partition coefficient (Wildman–Crippen LogP) is 6.56. The van der Waals surface area contributed by atoms with Crippen molar-refractivity contribution >= 4 is 12.1 Å². The van der Waals surface area contributed by atoms with Gasteiger partial charge in [0.1, 0.15) is 30.3 Å². The lowest BCUT2D eigenvalue weighted by molar-refractivity contribution is -0.153. The molecule has 1 aliphatic rings. The van der Waals surface area contributed by atoms with Gasteiger partial charge in [-0.15, -0.1) is 0 Å². The molecule has 36 heavy (non-hydrogen) atoms. The van der Waals surface area contributed by atoms with E-state index < -0.39 is 17.5 Å². The number of para-hydroxylation sites is 1. The fraction of sp³-hybridized carbons (Fsp3) is 0.370. The molecule has 0 saturated carbocycles. The van der Waals surface area contributed by atoms with Gasteiger partial charge in [-0.05, 0) is 50.6 Å². The number of hydrogen-bond donors (Lipinski definition) is 0. The summed E-state index contributed by atoms with van der Waals surface area (Å²) in [5.41, 5.74) is 1.66. The standard InChI is InChI=1S/C27H28F3NO5/c1-17(20-13-23-24(34-12-11-33-23)14-22(20)36-26(2,3)4)19-7-5-6-8-21(19)31(16-32)15-18-9-10-25(35-18)27(28,29)30/h5-10,13-14,16-17H,11-12,15H2,1-4H3. The number of carbonyl (C=O) groups is 1. The van der Waals surface area contributed by atoms with E-state index in [1.165, 1.54) is 11.0 Å². The van der Waals surface area contributed by atoms with E-state index in [1.807, 2.05) is 52.0 Å². The Labute approximate surface area is 207 Å². The smallest absolute Gasteiger partial charge is 0.449 e. The van der Waals surface area contributed by atoms with Crippen LogP contribution < -0.4 is 19.1 Å². The van der Waals surface area contributed by atoms with Crippen molar-refractivity contribution in [1.29, 1.82) is 0 Å². The molecule has 192 valence electrons. The molecule has 0 aliphatic carbocycles. The first-order valence-electron chi connectivity index (χ1n) is 11.6. The second-order valence-corrected chi connectivity index (χ2v) is 9.53. The molecule has 9 heteroatoms. The van der Waals surface area contributed by atoms with Crippen LogP contribution in [0.2, 0.25) is 0 Å². The number of rotatable bonds is 7. The Bertz CT molecular complexity index is 1230. The minimum absolute atomic E-state index is 0.0213. The molecule has 1 unspecified atom stereocenters. The van der Waals surface area contributed by atoms with Crippen molar-refractivity contribution in [3.8, 4) is 17.2 Å². The van der Waals surface area contributed by atoms with Crippen molar-refractivity contribution in [2.45, 2.75) is 51.9 Å². The SMILES string of the molecule is CC(c1cc2c(cc1OC(C)(C)C)OCCO2)c1ccccc1N(C=O)Cc1ccc(C(F)(F)F)o1. The molecule has 1 aromatic heterocycles. The molecule has 1 aliphatic heterocycles. The molecule has 0 bridgehead atoms. The lowest BCUT2D eigenvalue weighted by Gasteiger charge is -2.29. The number of anilines is 1. The quantitative estimate of drug-likeness (QED) is 0.342. The topological polar surface area (TPSA) is 61.1 Å². The molecule has 0 N–H and O–H groups in total. The molecule has 3 aromatic rings. The van der Waals surface area contributed by atoms with Crippen molar-refractivity contribution in [2.75, 3.05) is 18.1 Å². The Balaban J connectivity index is 1.72. The minimum Gasteiger partial charge on any atom is -0.488 e. The van der Waals surface area contributed by atoms with Gasteiger partial charge in [0.05, 0.1) is 6.54 Å². The maximum atomic E-state index is 13.0. The van der Waals surface area contributed by atoms with Gasteiger partial charge in [0.25, 0.3) is 0 Å². The van der Waals surface area contributed by atoms with Gasteiger partial charge >= 0.3 is 6.18 Å². The van der Waals surface area contributed by atoms with Crippen molar-refractivity contribution in [3.63, 3.8) is 0 Å². The first-order chi connectivity index (χ1) is 17.0. The van der Waals surface area contributed by atoms with Crippen LogP contribution in [0.5, 0.6) is 17.2 Å². The third kappa shape index (κ3) is 5.61. The molecule has 4 rings (SSSR count). The number of halogens is 3. The monoisotopic (exact) mass is 503 g/mol. The summed E-state index contributed by atoms with van der Waals surface area (Å²) in [6.07, 6.45) is -4.02. The predicted molar refractivity (Wildman–Crippen MR) is 128 cm³/mol. The first kappa shape index (κ1) is 25.5. The second kappa shape index (κ2) is 9.79. The van der Waals surface area contributed by atoms with Crippen LogP contribution in [0.1, 0.15) is 56.3 Å². The number of fused-ring (bicyclic) bond motifs is 1. The minimum atomic E-state index is -4.60. The highest BCUT2D eigenvalue weighted by molar-refractivity contribution is 5.78. The van der Waals surface area contributed by atoms with Crippen LogP contribution in [0, 0.1) is 0 Å². The van der Waals surface area contributed by atoms with Crippen LogP contribution in [0.15, 0.2) is 52.9 Å². The molecular weight excluding hydrogens is 475 g/mol. The Morgan fingerprint density at radius 3 is 2.28 bits per heavy atom. The summed E-state index contributed by atoms with van der Waals surface area (Å²) in [6.45, 7) is 8.51. The first-order valence-corrected chi connectivity index (χ1v) is 11.6. The van der Waals surface area contributed by atoms with Gasteiger partial charge in [-0.25, -0.2) is 0 Å². The Morgan fingerprint density at radius 2 is 1.67 bits per heavy atom. The maximum absolute atomic E-state index is 13.0. The van der Waals surface area contributed by atoms with E-state index in [2.05, 4.69) is 0 Å². The number of nitrogens with zero attached hydrogens (tertiary/aromatic N) is 1. The number of furan rings is 1. The maximum Gasteiger partial charge on any atom is 0.449 e. The fourth-order valence-corrected chi connectivity index (χ4v) is 4.09. The Morgan fingerprint density at radius 1 is 1.00 bits per heavy atom. The average molecular weight is 504 g/mol. The summed E-state index contributed by atoms with van der Waals surface area (Å²) in [6, 6.07) is 13.0. The molecular formula is C27H28F3NO5. The molecule has 0 saturated heterocycles. The van der Waals surface area contributed by atoms with Crippen LogP contribution in [-0.2, 0) is 17.5 Å². The molecule has 2 heterocycles. The Hall–Kier alpha value is -3.62. The number of hydrogen-bond acceptors (Lipinski definition) is 5. The third-order valence-electron chi connectivity index (χ3n) is 5.66. The van der Waals surface area contributed by atoms with E-state index in [4.69, 9.17) is 18.6 Å². The van der Waals surface area contributed by atoms with E-state index >= 15 is 0 Å². The van der Waals surface area contributed by atoms with Gasteiger partial charge in [-0.1, -0.05) is 25.1 Å². The van der Waals surface area contributed by atoms with Gasteiger partial charge in [-0.2, -0.15) is 13.2 Å². The van der Waals surface area contributed by atoms with E-state index in [0.717, 1.165) is 17.2 Å². The summed E-state index contributed by atoms with van der Waals surface area (Å²) < 4.78 is 61.6. The number of benzene rings is 2. The molecule has 0 radical (unpaired) electrons. The van der Waals surface area contributed by atoms with E-state index in [9.17, 15) is 18.0 Å². The van der Waals surface area contributed by atoms with Crippen LogP contribution in [0.3, 0.4) is 0 Å². The third-order valence-corrected chi connectivity index (χ3v) is 5.66. The van der Waals surface area contributed by atoms with Crippen LogP contribution >= 0.6 is 0 Å². The summed E-state index contributed by atoms with van der Waals surface area (Å²) in [5, 5.41) is 0. The van der Waals surface area contributed by atoms with Gasteiger partial charge in [0, 0.05) is 23.2 Å². The Kier molecular flexibility index (Phi) is 6.93. The number of ether oxygens (including phenoxy) is 3. The summed E-state index contributed by atoms with van der Waals surface area (Å²) in [4.78, 5) is 13.4. The van der Waals surface area contributed by atoms with Crippen LogP contribution in [0.25, 0.3) is 0 Å². The highest BCUT2D eigenvalue weighted by atomic mass is 19.4. The number of carbonyl (C=O) groups excluding carboxylic acids is 1. The molecule has 1 amide bonds. The molecule has 2 aromatic carbocycles. The molecule has 1 atom stereocenters. The summed E-state index contributed by atoms with van der Waals surface area (Å²) >= 11 is 0. The van der Waals surface area contributed by atoms with Gasteiger partial charge in [0.2, 0.25) is 12.2 Å². The van der Waals surface area contributed by atoms with Crippen molar-refractivity contribution in [3.05, 3.63) is 71.2 Å². The average Bonchev–Trinajstić information content (AvgIpc) is 3.30. The lowest BCUT2D eigenvalue weighted by atomic mass is 9.90. The number of amides is 1. The van der Waals surface area contributed by atoms with E-state index in [-0.39, 0.29) is 18.2 Å². The number of alkyl halides is 3. The highest BCUT2D eigenvalue weighted by Crippen LogP contribution is 2.44. The normalized spacial score (nSPS) is 14.3. The van der Waals surface area contributed by atoms with Crippen molar-refractivity contribution in [2.24, 2.45) is 0 Å². The van der Waals surface area contributed by atoms with Gasteiger partial charge < -0.3 is 23.5 Å². The highest BCUT2D eigenvalue weighted by Gasteiger charge is 2.35. The van der Waals surface area contributed by atoms with Crippen LogP contribution in [-0.4, -0.2) is 25.2 Å². The fourth-order valence-electron chi connectivity index (χ4n) is 4.09. The molecule has 0 fully saturated rings. The van der Waals surface area contributed by atoms with E-state index in [1.54, 1.807) is 12.1 Å². The molecule has 6 nitrogen and oxygen atoms in total. The van der Waals surface area contributed by atoms with Crippen molar-refractivity contribution < 1.29 is 36.6 Å². The lowest BCUT2D eigenvalue weighted by Crippen LogP contribution is -2.25. The second-order valence-electron chi connectivity index (χ2n) is 9.53. The zero-order chi connectivity index (χ0) is 26.1. The van der Waals surface area contributed by atoms with Gasteiger partial charge in [0.15, 0.2) is 11.5 Å². The van der Waals surface area contributed by atoms with E-state index in [0.29, 0.717) is 42.6 Å². The summed E-state index contributed by atoms with van der Waals surface area (Å²) in [7, 11) is 0. The van der Waals surface area contributed by atoms with Crippen molar-refractivity contribution in [1.82, 2.24) is 0 Å². The molecule has 0 spiro atoms. The summed E-state index contributed by atoms with van der Waals surface area (Å²) in [5.74, 6) is 0.465. The zero-order valence-electron chi connectivity index (χ0n) is 20.5. The zero-order valence-corrected chi connectivity index (χ0v) is 20.5. The largest absolute Gasteiger partial charge is 0.488 e.